The second-order valence-corrected chi connectivity index (χ2v) is 4.07. The predicted molar refractivity (Wildman–Crippen MR) is 75.7 cm³/mol. The molecule has 1 aromatic heterocycles. The number of nitrogens with one attached hydrogen (secondary N) is 1. The Morgan fingerprint density at radius 2 is 2.00 bits per heavy atom. The summed E-state index contributed by atoms with van der Waals surface area (Å²) in [5, 5.41) is 10.6. The average molecular weight is 288 g/mol. The molecule has 0 aliphatic carbocycles. The Morgan fingerprint density at radius 1 is 1.33 bits per heavy atom. The average Bonchev–Trinajstić information content (AvgIpc) is 2.53. The molecule has 1 amide bonds. The number of amides is 1. The SMILES string of the molecule is CN(C(=O)c1cncc(NN)n1)c1ccc([N+](=O)[O-])cc1. The summed E-state index contributed by atoms with van der Waals surface area (Å²) in [6.45, 7) is 0. The molecule has 108 valence electrons. The summed E-state index contributed by atoms with van der Waals surface area (Å²) in [6, 6.07) is 5.61. The van der Waals surface area contributed by atoms with Crippen molar-refractivity contribution in [2.45, 2.75) is 0 Å². The van der Waals surface area contributed by atoms with E-state index in [4.69, 9.17) is 5.84 Å². The molecule has 0 radical (unpaired) electrons. The first-order chi connectivity index (χ1) is 10.0. The lowest BCUT2D eigenvalue weighted by molar-refractivity contribution is -0.384. The quantitative estimate of drug-likeness (QED) is 0.487. The van der Waals surface area contributed by atoms with Gasteiger partial charge < -0.3 is 10.3 Å². The molecule has 1 heterocycles. The highest BCUT2D eigenvalue weighted by Crippen LogP contribution is 2.19. The van der Waals surface area contributed by atoms with E-state index in [0.29, 0.717) is 5.69 Å². The molecule has 2 rings (SSSR count). The Kier molecular flexibility index (Phi) is 4.05. The smallest absolute Gasteiger partial charge is 0.278 e. The second-order valence-electron chi connectivity index (χ2n) is 4.07. The zero-order valence-electron chi connectivity index (χ0n) is 11.1. The molecule has 0 atom stereocenters. The van der Waals surface area contributed by atoms with Crippen molar-refractivity contribution < 1.29 is 9.72 Å². The van der Waals surface area contributed by atoms with Gasteiger partial charge in [-0.05, 0) is 12.1 Å². The van der Waals surface area contributed by atoms with Crippen molar-refractivity contribution in [3.05, 3.63) is 52.5 Å². The number of anilines is 2. The zero-order valence-corrected chi connectivity index (χ0v) is 11.1. The number of non-ortho nitro benzene ring substituents is 1. The molecule has 9 heteroatoms. The number of hydrogen-bond acceptors (Lipinski definition) is 7. The van der Waals surface area contributed by atoms with Gasteiger partial charge in [0.1, 0.15) is 5.69 Å². The van der Waals surface area contributed by atoms with Gasteiger partial charge in [0.2, 0.25) is 0 Å². The molecule has 3 N–H and O–H groups in total. The van der Waals surface area contributed by atoms with Crippen molar-refractivity contribution >= 4 is 23.1 Å². The number of nitrogens with zero attached hydrogens (tertiary/aromatic N) is 4. The number of hydrogen-bond donors (Lipinski definition) is 2. The van der Waals surface area contributed by atoms with Crippen molar-refractivity contribution in [3.63, 3.8) is 0 Å². The van der Waals surface area contributed by atoms with Crippen molar-refractivity contribution in [2.24, 2.45) is 5.84 Å². The third-order valence-electron chi connectivity index (χ3n) is 2.75. The summed E-state index contributed by atoms with van der Waals surface area (Å²) >= 11 is 0. The Labute approximate surface area is 119 Å². The molecule has 0 spiro atoms. The van der Waals surface area contributed by atoms with Gasteiger partial charge in [-0.3, -0.25) is 19.9 Å². The summed E-state index contributed by atoms with van der Waals surface area (Å²) in [7, 11) is 1.54. The number of benzene rings is 1. The molecule has 0 saturated carbocycles. The number of nitrogen functional groups attached to an aromatic ring is 1. The van der Waals surface area contributed by atoms with Gasteiger partial charge in [0, 0.05) is 24.9 Å². The van der Waals surface area contributed by atoms with Crippen LogP contribution in [0.1, 0.15) is 10.5 Å². The lowest BCUT2D eigenvalue weighted by Gasteiger charge is -2.16. The Hall–Kier alpha value is -3.07. The molecule has 0 aliphatic heterocycles. The van der Waals surface area contributed by atoms with Crippen LogP contribution in [0.15, 0.2) is 36.7 Å². The lowest BCUT2D eigenvalue weighted by Crippen LogP contribution is -2.27. The number of carbonyl (C=O) groups is 1. The molecule has 9 nitrogen and oxygen atoms in total. The Bertz CT molecular complexity index is 673. The molecule has 1 aromatic carbocycles. The van der Waals surface area contributed by atoms with Crippen LogP contribution >= 0.6 is 0 Å². The van der Waals surface area contributed by atoms with Crippen molar-refractivity contribution in [2.75, 3.05) is 17.4 Å². The largest absolute Gasteiger partial charge is 0.310 e. The van der Waals surface area contributed by atoms with E-state index in [9.17, 15) is 14.9 Å². The van der Waals surface area contributed by atoms with Crippen LogP contribution in [0.2, 0.25) is 0 Å². The molecule has 21 heavy (non-hydrogen) atoms. The molecule has 0 unspecified atom stereocenters. The van der Waals surface area contributed by atoms with Gasteiger partial charge in [0.25, 0.3) is 11.6 Å². The van der Waals surface area contributed by atoms with Crippen LogP contribution in [0.5, 0.6) is 0 Å². The first-order valence-corrected chi connectivity index (χ1v) is 5.84. The molecule has 2 aromatic rings. The third-order valence-corrected chi connectivity index (χ3v) is 2.75. The van der Waals surface area contributed by atoms with Crippen molar-refractivity contribution in [3.8, 4) is 0 Å². The molecular formula is C12H12N6O3. The number of nitro groups is 1. The van der Waals surface area contributed by atoms with E-state index < -0.39 is 10.8 Å². The van der Waals surface area contributed by atoms with Crippen LogP contribution in [0.25, 0.3) is 0 Å². The third kappa shape index (κ3) is 3.09. The summed E-state index contributed by atoms with van der Waals surface area (Å²) in [5.41, 5.74) is 2.86. The fraction of sp³-hybridized carbons (Fsp3) is 0.0833. The van der Waals surface area contributed by atoms with Crippen LogP contribution in [0, 0.1) is 10.1 Å². The van der Waals surface area contributed by atoms with Gasteiger partial charge in [-0.1, -0.05) is 0 Å². The van der Waals surface area contributed by atoms with Gasteiger partial charge in [0.05, 0.1) is 17.3 Å². The first kappa shape index (κ1) is 14.3. The van der Waals surface area contributed by atoms with Crippen LogP contribution < -0.4 is 16.2 Å². The Morgan fingerprint density at radius 3 is 2.57 bits per heavy atom. The van der Waals surface area contributed by atoms with Crippen LogP contribution in [0.4, 0.5) is 17.2 Å². The van der Waals surface area contributed by atoms with Gasteiger partial charge in [0.15, 0.2) is 5.82 Å². The first-order valence-electron chi connectivity index (χ1n) is 5.84. The zero-order chi connectivity index (χ0) is 15.4. The standard InChI is InChI=1S/C12H12N6O3/c1-17(8-2-4-9(5-3-8)18(20)21)12(19)10-6-14-7-11(15-10)16-13/h2-7H,13H2,1H3,(H,15,16). The number of nitro benzene ring substituents is 1. The van der Waals surface area contributed by atoms with Crippen LogP contribution in [0.3, 0.4) is 0 Å². The van der Waals surface area contributed by atoms with Gasteiger partial charge >= 0.3 is 0 Å². The van der Waals surface area contributed by atoms with Gasteiger partial charge in [-0.15, -0.1) is 0 Å². The maximum absolute atomic E-state index is 12.3. The van der Waals surface area contributed by atoms with Crippen molar-refractivity contribution in [1.82, 2.24) is 9.97 Å². The molecule has 0 saturated heterocycles. The fourth-order valence-corrected chi connectivity index (χ4v) is 1.63. The van der Waals surface area contributed by atoms with Crippen molar-refractivity contribution in [1.29, 1.82) is 0 Å². The minimum atomic E-state index is -0.506. The maximum atomic E-state index is 12.3. The van der Waals surface area contributed by atoms with Crippen LogP contribution in [-0.2, 0) is 0 Å². The fourth-order valence-electron chi connectivity index (χ4n) is 1.63. The minimum Gasteiger partial charge on any atom is -0.310 e. The molecule has 0 aliphatic rings. The van der Waals surface area contributed by atoms with Crippen LogP contribution in [-0.4, -0.2) is 27.8 Å². The second kappa shape index (κ2) is 5.92. The van der Waals surface area contributed by atoms with E-state index in [1.165, 1.54) is 48.6 Å². The predicted octanol–water partition coefficient (Wildman–Crippen LogP) is 0.947. The summed E-state index contributed by atoms with van der Waals surface area (Å²) in [5.74, 6) is 5.06. The highest BCUT2D eigenvalue weighted by atomic mass is 16.6. The van der Waals surface area contributed by atoms with E-state index in [-0.39, 0.29) is 17.2 Å². The number of hydrazine groups is 1. The van der Waals surface area contributed by atoms with E-state index in [1.807, 2.05) is 0 Å². The van der Waals surface area contributed by atoms with E-state index >= 15 is 0 Å². The Balaban J connectivity index is 2.23. The van der Waals surface area contributed by atoms with E-state index in [1.54, 1.807) is 0 Å². The van der Waals surface area contributed by atoms with Gasteiger partial charge in [-0.25, -0.2) is 10.8 Å². The number of carbonyl (C=O) groups excluding carboxylic acids is 1. The maximum Gasteiger partial charge on any atom is 0.278 e. The van der Waals surface area contributed by atoms with E-state index in [2.05, 4.69) is 15.4 Å². The number of nitrogens with two attached hydrogens (primary N) is 1. The molecule has 0 bridgehead atoms. The molecular weight excluding hydrogens is 276 g/mol. The summed E-state index contributed by atoms with van der Waals surface area (Å²) in [4.78, 5) is 31.5. The highest BCUT2D eigenvalue weighted by molar-refractivity contribution is 6.04. The van der Waals surface area contributed by atoms with Gasteiger partial charge in [-0.2, -0.15) is 0 Å². The monoisotopic (exact) mass is 288 g/mol. The van der Waals surface area contributed by atoms with E-state index in [0.717, 1.165) is 0 Å². The number of aromatic nitrogens is 2. The summed E-state index contributed by atoms with van der Waals surface area (Å²) in [6.07, 6.45) is 2.69. The number of rotatable bonds is 4. The lowest BCUT2D eigenvalue weighted by atomic mass is 10.2. The highest BCUT2D eigenvalue weighted by Gasteiger charge is 2.16. The molecule has 0 fully saturated rings. The minimum absolute atomic E-state index is 0.0475. The normalized spacial score (nSPS) is 10.0. The topological polar surface area (TPSA) is 127 Å². The summed E-state index contributed by atoms with van der Waals surface area (Å²) < 4.78 is 0.